The third kappa shape index (κ3) is 6.31. The van der Waals surface area contributed by atoms with Gasteiger partial charge in [0.05, 0.1) is 18.4 Å². The SMILES string of the molecule is CCN(CC(=O)O)C1CC(NC(=O)CSCC2CCCCO2)C1. The molecule has 0 aromatic rings. The summed E-state index contributed by atoms with van der Waals surface area (Å²) in [5, 5.41) is 11.9. The van der Waals surface area contributed by atoms with Gasteiger partial charge in [0, 0.05) is 24.4 Å². The smallest absolute Gasteiger partial charge is 0.317 e. The van der Waals surface area contributed by atoms with E-state index in [1.165, 1.54) is 6.42 Å². The Bertz CT molecular complexity index is 396. The van der Waals surface area contributed by atoms with Crippen molar-refractivity contribution in [1.29, 1.82) is 0 Å². The molecule has 2 aliphatic rings. The van der Waals surface area contributed by atoms with Crippen LogP contribution in [-0.2, 0) is 14.3 Å². The van der Waals surface area contributed by atoms with Crippen molar-refractivity contribution in [3.63, 3.8) is 0 Å². The van der Waals surface area contributed by atoms with Crippen LogP contribution in [0.15, 0.2) is 0 Å². The summed E-state index contributed by atoms with van der Waals surface area (Å²) in [5.41, 5.74) is 0. The first kappa shape index (κ1) is 18.5. The number of aliphatic carboxylic acids is 1. The largest absolute Gasteiger partial charge is 0.480 e. The fraction of sp³-hybridized carbons (Fsp3) is 0.875. The van der Waals surface area contributed by atoms with Crippen molar-refractivity contribution < 1.29 is 19.4 Å². The van der Waals surface area contributed by atoms with Gasteiger partial charge in [0.2, 0.25) is 5.91 Å². The van der Waals surface area contributed by atoms with E-state index >= 15 is 0 Å². The molecule has 1 saturated carbocycles. The molecule has 1 saturated heterocycles. The van der Waals surface area contributed by atoms with Crippen LogP contribution in [0.5, 0.6) is 0 Å². The molecule has 2 rings (SSSR count). The lowest BCUT2D eigenvalue weighted by atomic mass is 9.85. The maximum absolute atomic E-state index is 11.9. The molecule has 132 valence electrons. The Morgan fingerprint density at radius 3 is 2.74 bits per heavy atom. The Morgan fingerprint density at radius 1 is 1.35 bits per heavy atom. The van der Waals surface area contributed by atoms with Gasteiger partial charge >= 0.3 is 5.97 Å². The van der Waals surface area contributed by atoms with E-state index in [4.69, 9.17) is 9.84 Å². The first-order valence-corrected chi connectivity index (χ1v) is 9.68. The predicted octanol–water partition coefficient (Wildman–Crippen LogP) is 1.34. The van der Waals surface area contributed by atoms with Crippen molar-refractivity contribution in [2.75, 3.05) is 31.2 Å². The van der Waals surface area contributed by atoms with Gasteiger partial charge in [-0.25, -0.2) is 0 Å². The molecule has 0 spiro atoms. The zero-order valence-corrected chi connectivity index (χ0v) is 14.6. The summed E-state index contributed by atoms with van der Waals surface area (Å²) in [4.78, 5) is 24.7. The molecule has 0 bridgehead atoms. The molecule has 0 radical (unpaired) electrons. The molecule has 23 heavy (non-hydrogen) atoms. The highest BCUT2D eigenvalue weighted by Gasteiger charge is 2.34. The van der Waals surface area contributed by atoms with E-state index in [9.17, 15) is 9.59 Å². The van der Waals surface area contributed by atoms with Crippen LogP contribution in [-0.4, -0.2) is 71.3 Å². The summed E-state index contributed by atoms with van der Waals surface area (Å²) >= 11 is 1.64. The van der Waals surface area contributed by atoms with Gasteiger partial charge in [-0.1, -0.05) is 6.92 Å². The Morgan fingerprint density at radius 2 is 2.13 bits per heavy atom. The molecule has 2 N–H and O–H groups in total. The van der Waals surface area contributed by atoms with Crippen LogP contribution >= 0.6 is 11.8 Å². The molecule has 0 aromatic heterocycles. The van der Waals surface area contributed by atoms with E-state index in [1.54, 1.807) is 11.8 Å². The highest BCUT2D eigenvalue weighted by atomic mass is 32.2. The first-order valence-electron chi connectivity index (χ1n) is 8.53. The second kappa shape index (κ2) is 9.49. The van der Waals surface area contributed by atoms with Gasteiger partial charge in [-0.3, -0.25) is 14.5 Å². The highest BCUT2D eigenvalue weighted by molar-refractivity contribution is 7.99. The van der Waals surface area contributed by atoms with E-state index in [2.05, 4.69) is 5.32 Å². The average Bonchev–Trinajstić information content (AvgIpc) is 2.49. The van der Waals surface area contributed by atoms with Gasteiger partial charge < -0.3 is 15.2 Å². The number of rotatable bonds is 9. The molecular formula is C16H28N2O4S. The Balaban J connectivity index is 1.55. The van der Waals surface area contributed by atoms with Gasteiger partial charge in [-0.15, -0.1) is 11.8 Å². The van der Waals surface area contributed by atoms with Crippen LogP contribution in [0.2, 0.25) is 0 Å². The van der Waals surface area contributed by atoms with Gasteiger partial charge in [-0.2, -0.15) is 0 Å². The molecule has 1 amide bonds. The third-order valence-electron chi connectivity index (χ3n) is 4.55. The van der Waals surface area contributed by atoms with Crippen LogP contribution in [0.1, 0.15) is 39.0 Å². The Kier molecular flexibility index (Phi) is 7.65. The maximum atomic E-state index is 11.9. The number of likely N-dealkylation sites (N-methyl/N-ethyl adjacent to an activating group) is 1. The number of thioether (sulfide) groups is 1. The van der Waals surface area contributed by atoms with Gasteiger partial charge in [0.1, 0.15) is 0 Å². The average molecular weight is 344 g/mol. The normalized spacial score (nSPS) is 27.5. The Hall–Kier alpha value is -0.790. The number of hydrogen-bond acceptors (Lipinski definition) is 5. The summed E-state index contributed by atoms with van der Waals surface area (Å²) in [7, 11) is 0. The topological polar surface area (TPSA) is 78.9 Å². The minimum Gasteiger partial charge on any atom is -0.480 e. The van der Waals surface area contributed by atoms with Crippen molar-refractivity contribution in [3.05, 3.63) is 0 Å². The molecule has 1 heterocycles. The number of carbonyl (C=O) groups is 2. The summed E-state index contributed by atoms with van der Waals surface area (Å²) in [6.07, 6.45) is 5.50. The number of nitrogens with zero attached hydrogens (tertiary/aromatic N) is 1. The van der Waals surface area contributed by atoms with E-state index < -0.39 is 5.97 Å². The zero-order chi connectivity index (χ0) is 16.7. The highest BCUT2D eigenvalue weighted by Crippen LogP contribution is 2.25. The first-order chi connectivity index (χ1) is 11.1. The minimum atomic E-state index is -0.791. The lowest BCUT2D eigenvalue weighted by Gasteiger charge is -2.42. The van der Waals surface area contributed by atoms with Crippen molar-refractivity contribution in [1.82, 2.24) is 10.2 Å². The van der Waals surface area contributed by atoms with Crippen LogP contribution in [0.25, 0.3) is 0 Å². The summed E-state index contributed by atoms with van der Waals surface area (Å²) < 4.78 is 5.65. The molecule has 1 unspecified atom stereocenters. The van der Waals surface area contributed by atoms with Gasteiger partial charge in [0.25, 0.3) is 0 Å². The van der Waals surface area contributed by atoms with Gasteiger partial charge in [0.15, 0.2) is 0 Å². The summed E-state index contributed by atoms with van der Waals surface area (Å²) in [6, 6.07) is 0.478. The maximum Gasteiger partial charge on any atom is 0.317 e. The number of carboxylic acids is 1. The van der Waals surface area contributed by atoms with Gasteiger partial charge in [-0.05, 0) is 38.6 Å². The van der Waals surface area contributed by atoms with Crippen LogP contribution in [0.3, 0.4) is 0 Å². The number of carbonyl (C=O) groups excluding carboxylic acids is 1. The fourth-order valence-corrected chi connectivity index (χ4v) is 4.08. The molecule has 1 atom stereocenters. The molecule has 0 aromatic carbocycles. The van der Waals surface area contributed by atoms with Crippen LogP contribution < -0.4 is 5.32 Å². The number of ether oxygens (including phenoxy) is 1. The predicted molar refractivity (Wildman–Crippen MR) is 90.8 cm³/mol. The second-order valence-electron chi connectivity index (χ2n) is 6.35. The van der Waals surface area contributed by atoms with E-state index in [0.29, 0.717) is 11.9 Å². The zero-order valence-electron chi connectivity index (χ0n) is 13.8. The molecule has 1 aliphatic heterocycles. The number of amides is 1. The van der Waals surface area contributed by atoms with Crippen LogP contribution in [0.4, 0.5) is 0 Å². The summed E-state index contributed by atoms with van der Waals surface area (Å²) in [6.45, 7) is 3.64. The standard InChI is InChI=1S/C16H28N2O4S/c1-2-18(9-16(20)21)13-7-12(8-13)17-15(19)11-23-10-14-5-3-4-6-22-14/h12-14H,2-11H2,1H3,(H,17,19)(H,20,21). The van der Waals surface area contributed by atoms with Crippen LogP contribution in [0, 0.1) is 0 Å². The monoisotopic (exact) mass is 344 g/mol. The molecule has 7 heteroatoms. The quantitative estimate of drug-likeness (QED) is 0.657. The molecule has 2 fully saturated rings. The van der Waals surface area contributed by atoms with Crippen molar-refractivity contribution >= 4 is 23.6 Å². The number of carboxylic acid groups (broad SMARTS) is 1. The van der Waals surface area contributed by atoms with Crippen molar-refractivity contribution in [3.8, 4) is 0 Å². The minimum absolute atomic E-state index is 0.0792. The molecule has 1 aliphatic carbocycles. The third-order valence-corrected chi connectivity index (χ3v) is 5.62. The van der Waals surface area contributed by atoms with Crippen molar-refractivity contribution in [2.24, 2.45) is 0 Å². The second-order valence-corrected chi connectivity index (χ2v) is 7.38. The lowest BCUT2D eigenvalue weighted by molar-refractivity contribution is -0.139. The molecular weight excluding hydrogens is 316 g/mol. The Labute approximate surface area is 142 Å². The number of hydrogen-bond donors (Lipinski definition) is 2. The van der Waals surface area contributed by atoms with E-state index in [-0.39, 0.29) is 24.5 Å². The van der Waals surface area contributed by atoms with E-state index in [1.807, 2.05) is 11.8 Å². The fourth-order valence-electron chi connectivity index (χ4n) is 3.17. The molecule has 6 nitrogen and oxygen atoms in total. The van der Waals surface area contributed by atoms with Crippen molar-refractivity contribution in [2.45, 2.75) is 57.2 Å². The lowest BCUT2D eigenvalue weighted by Crippen LogP contribution is -2.55. The summed E-state index contributed by atoms with van der Waals surface area (Å²) in [5.74, 6) is 0.660. The van der Waals surface area contributed by atoms with E-state index in [0.717, 1.165) is 44.6 Å². The number of nitrogens with one attached hydrogen (secondary N) is 1.